The average Bonchev–Trinajstić information content (AvgIpc) is 3.10. The summed E-state index contributed by atoms with van der Waals surface area (Å²) in [7, 11) is 0. The zero-order valence-corrected chi connectivity index (χ0v) is 11.9. The number of aromatic nitrogens is 3. The Morgan fingerprint density at radius 2 is 2.26 bits per heavy atom. The lowest BCUT2D eigenvalue weighted by Gasteiger charge is -2.04. The number of nitrogens with zero attached hydrogens (tertiary/aromatic N) is 2. The Morgan fingerprint density at radius 1 is 1.47 bits per heavy atom. The van der Waals surface area contributed by atoms with Crippen LogP contribution in [0.25, 0.3) is 0 Å². The van der Waals surface area contributed by atoms with Crippen molar-refractivity contribution in [3.05, 3.63) is 39.2 Å². The van der Waals surface area contributed by atoms with E-state index >= 15 is 0 Å². The number of nitrogens with one attached hydrogen (secondary N) is 2. The van der Waals surface area contributed by atoms with E-state index in [9.17, 15) is 9.18 Å². The maximum absolute atomic E-state index is 13.0. The van der Waals surface area contributed by atoms with E-state index in [1.165, 1.54) is 18.2 Å². The van der Waals surface area contributed by atoms with Crippen LogP contribution in [-0.4, -0.2) is 21.1 Å². The van der Waals surface area contributed by atoms with Crippen molar-refractivity contribution < 1.29 is 9.18 Å². The molecule has 1 saturated carbocycles. The van der Waals surface area contributed by atoms with Crippen LogP contribution in [0.5, 0.6) is 0 Å². The first kappa shape index (κ1) is 12.5. The Kier molecular flexibility index (Phi) is 3.21. The van der Waals surface area contributed by atoms with Gasteiger partial charge in [0, 0.05) is 9.49 Å². The average molecular weight is 372 g/mol. The Hall–Kier alpha value is -1.51. The van der Waals surface area contributed by atoms with Gasteiger partial charge in [-0.15, -0.1) is 5.10 Å². The molecule has 1 amide bonds. The Bertz CT molecular complexity index is 638. The third kappa shape index (κ3) is 2.75. The monoisotopic (exact) mass is 372 g/mol. The minimum absolute atomic E-state index is 0.113. The standard InChI is InChI=1S/C12H10FIN4O/c13-7-3-4-9(8(14)5-7)15-12(19)11-16-10(17-18-11)6-1-2-6/h3-6H,1-2H2,(H,15,19)(H,16,17,18). The molecule has 0 aliphatic heterocycles. The highest BCUT2D eigenvalue weighted by Gasteiger charge is 2.28. The zero-order chi connectivity index (χ0) is 13.4. The number of rotatable bonds is 3. The van der Waals surface area contributed by atoms with Crippen molar-refractivity contribution in [2.45, 2.75) is 18.8 Å². The highest BCUT2D eigenvalue weighted by Crippen LogP contribution is 2.37. The van der Waals surface area contributed by atoms with Gasteiger partial charge in [0.15, 0.2) is 0 Å². The fraction of sp³-hybridized carbons (Fsp3) is 0.250. The number of anilines is 1. The second-order valence-corrected chi connectivity index (χ2v) is 5.56. The number of H-pyrrole nitrogens is 1. The van der Waals surface area contributed by atoms with Crippen molar-refractivity contribution in [1.82, 2.24) is 15.2 Å². The van der Waals surface area contributed by atoms with E-state index < -0.39 is 5.91 Å². The van der Waals surface area contributed by atoms with Gasteiger partial charge in [-0.05, 0) is 53.6 Å². The molecule has 0 bridgehead atoms. The predicted octanol–water partition coefficient (Wildman–Crippen LogP) is 2.68. The lowest BCUT2D eigenvalue weighted by molar-refractivity contribution is 0.101. The van der Waals surface area contributed by atoms with Gasteiger partial charge in [0.1, 0.15) is 11.6 Å². The van der Waals surface area contributed by atoms with E-state index in [1.54, 1.807) is 0 Å². The van der Waals surface area contributed by atoms with E-state index in [1.807, 2.05) is 22.6 Å². The molecular formula is C12H10FIN4O. The largest absolute Gasteiger partial charge is 0.318 e. The van der Waals surface area contributed by atoms with Crippen LogP contribution in [0.3, 0.4) is 0 Å². The molecule has 0 radical (unpaired) electrons. The van der Waals surface area contributed by atoms with Crippen molar-refractivity contribution in [3.8, 4) is 0 Å². The van der Waals surface area contributed by atoms with Gasteiger partial charge in [0.25, 0.3) is 5.91 Å². The molecule has 0 saturated heterocycles. The third-order valence-corrected chi connectivity index (χ3v) is 3.74. The normalized spacial score (nSPS) is 14.4. The summed E-state index contributed by atoms with van der Waals surface area (Å²) >= 11 is 1.96. The van der Waals surface area contributed by atoms with Crippen LogP contribution in [0.2, 0.25) is 0 Å². The van der Waals surface area contributed by atoms with E-state index in [4.69, 9.17) is 0 Å². The molecule has 7 heteroatoms. The number of amides is 1. The lowest BCUT2D eigenvalue weighted by Crippen LogP contribution is -2.14. The van der Waals surface area contributed by atoms with Crippen LogP contribution < -0.4 is 5.32 Å². The van der Waals surface area contributed by atoms with Crippen LogP contribution >= 0.6 is 22.6 Å². The topological polar surface area (TPSA) is 70.7 Å². The molecule has 1 aromatic heterocycles. The fourth-order valence-corrected chi connectivity index (χ4v) is 2.30. The van der Waals surface area contributed by atoms with E-state index in [0.717, 1.165) is 18.7 Å². The molecule has 3 rings (SSSR count). The molecule has 5 nitrogen and oxygen atoms in total. The molecule has 1 aliphatic carbocycles. The predicted molar refractivity (Wildman–Crippen MR) is 75.4 cm³/mol. The molecule has 98 valence electrons. The summed E-state index contributed by atoms with van der Waals surface area (Å²) in [5.74, 6) is 0.560. The summed E-state index contributed by atoms with van der Waals surface area (Å²) in [4.78, 5) is 16.1. The molecule has 0 atom stereocenters. The van der Waals surface area contributed by atoms with Crippen molar-refractivity contribution in [2.75, 3.05) is 5.32 Å². The summed E-state index contributed by atoms with van der Waals surface area (Å²) in [5.41, 5.74) is 0.546. The number of hydrogen-bond donors (Lipinski definition) is 2. The van der Waals surface area contributed by atoms with Gasteiger partial charge in [-0.1, -0.05) is 0 Å². The highest BCUT2D eigenvalue weighted by molar-refractivity contribution is 14.1. The van der Waals surface area contributed by atoms with E-state index in [2.05, 4.69) is 20.5 Å². The molecule has 2 aromatic rings. The maximum atomic E-state index is 13.0. The first-order valence-corrected chi connectivity index (χ1v) is 6.90. The number of halogens is 2. The highest BCUT2D eigenvalue weighted by atomic mass is 127. The van der Waals surface area contributed by atoms with Gasteiger partial charge in [0.2, 0.25) is 5.82 Å². The zero-order valence-electron chi connectivity index (χ0n) is 9.78. The SMILES string of the molecule is O=C(Nc1ccc(F)cc1I)c1n[nH]c(C2CC2)n1. The van der Waals surface area contributed by atoms with Crippen LogP contribution in [0, 0.1) is 9.39 Å². The van der Waals surface area contributed by atoms with Crippen LogP contribution in [0.1, 0.15) is 35.2 Å². The van der Waals surface area contributed by atoms with Crippen LogP contribution in [0.4, 0.5) is 10.1 Å². The van der Waals surface area contributed by atoms with Crippen molar-refractivity contribution >= 4 is 34.2 Å². The van der Waals surface area contributed by atoms with Crippen LogP contribution in [0.15, 0.2) is 18.2 Å². The third-order valence-electron chi connectivity index (χ3n) is 2.85. The van der Waals surface area contributed by atoms with Crippen molar-refractivity contribution in [2.24, 2.45) is 0 Å². The first-order chi connectivity index (χ1) is 9.13. The van der Waals surface area contributed by atoms with Gasteiger partial charge >= 0.3 is 0 Å². The second kappa shape index (κ2) is 4.87. The molecule has 19 heavy (non-hydrogen) atoms. The number of aromatic amines is 1. The Morgan fingerprint density at radius 3 is 2.95 bits per heavy atom. The molecule has 1 heterocycles. The first-order valence-electron chi connectivity index (χ1n) is 5.82. The minimum Gasteiger partial charge on any atom is -0.318 e. The molecule has 0 spiro atoms. The van der Waals surface area contributed by atoms with Crippen molar-refractivity contribution in [1.29, 1.82) is 0 Å². The Balaban J connectivity index is 1.76. The van der Waals surface area contributed by atoms with Gasteiger partial charge in [-0.3, -0.25) is 9.89 Å². The molecule has 0 unspecified atom stereocenters. The molecule has 1 aromatic carbocycles. The smallest absolute Gasteiger partial charge is 0.295 e. The van der Waals surface area contributed by atoms with Gasteiger partial charge < -0.3 is 5.32 Å². The summed E-state index contributed by atoms with van der Waals surface area (Å²) in [6.45, 7) is 0. The van der Waals surface area contributed by atoms with Gasteiger partial charge in [-0.25, -0.2) is 9.37 Å². The molecule has 1 aliphatic rings. The molecule has 2 N–H and O–H groups in total. The summed E-state index contributed by atoms with van der Waals surface area (Å²) in [6, 6.07) is 4.17. The number of hydrogen-bond acceptors (Lipinski definition) is 3. The quantitative estimate of drug-likeness (QED) is 0.814. The molecular weight excluding hydrogens is 362 g/mol. The number of benzene rings is 1. The van der Waals surface area contributed by atoms with E-state index in [0.29, 0.717) is 15.2 Å². The summed E-state index contributed by atoms with van der Waals surface area (Å²) < 4.78 is 13.6. The number of carbonyl (C=O) groups excluding carboxylic acids is 1. The minimum atomic E-state index is -0.396. The second-order valence-electron chi connectivity index (χ2n) is 4.40. The number of carbonyl (C=O) groups is 1. The lowest BCUT2D eigenvalue weighted by atomic mass is 10.3. The van der Waals surface area contributed by atoms with E-state index in [-0.39, 0.29) is 11.6 Å². The van der Waals surface area contributed by atoms with Crippen molar-refractivity contribution in [3.63, 3.8) is 0 Å². The molecule has 1 fully saturated rings. The summed E-state index contributed by atoms with van der Waals surface area (Å²) in [6.07, 6.45) is 2.18. The van der Waals surface area contributed by atoms with Gasteiger partial charge in [0.05, 0.1) is 5.69 Å². The van der Waals surface area contributed by atoms with Gasteiger partial charge in [-0.2, -0.15) is 0 Å². The fourth-order valence-electron chi connectivity index (χ4n) is 1.68. The Labute approximate surface area is 122 Å². The summed E-state index contributed by atoms with van der Waals surface area (Å²) in [5, 5.41) is 9.34. The van der Waals surface area contributed by atoms with Crippen LogP contribution in [-0.2, 0) is 0 Å². The maximum Gasteiger partial charge on any atom is 0.295 e.